The van der Waals surface area contributed by atoms with Gasteiger partial charge in [0.2, 0.25) is 5.28 Å². The molecule has 0 bridgehead atoms. The molecule has 0 aliphatic rings. The number of carbonyl (C=O) groups is 1. The zero-order valence-electron chi connectivity index (χ0n) is 6.61. The van der Waals surface area contributed by atoms with E-state index in [1.165, 1.54) is 16.8 Å². The SMILES string of the molecule is O=C(O)c1cc(Br)n2nc(Cl)ncc12. The van der Waals surface area contributed by atoms with Gasteiger partial charge in [-0.05, 0) is 33.6 Å². The number of carboxylic acid groups (broad SMARTS) is 1. The van der Waals surface area contributed by atoms with E-state index in [1.807, 2.05) is 0 Å². The molecule has 7 heteroatoms. The first-order chi connectivity index (χ1) is 6.59. The Morgan fingerprint density at radius 2 is 2.36 bits per heavy atom. The second-order valence-electron chi connectivity index (χ2n) is 2.51. The van der Waals surface area contributed by atoms with Crippen molar-refractivity contribution in [2.75, 3.05) is 0 Å². The van der Waals surface area contributed by atoms with Crippen LogP contribution in [0, 0.1) is 0 Å². The number of hydrogen-bond acceptors (Lipinski definition) is 3. The van der Waals surface area contributed by atoms with E-state index in [2.05, 4.69) is 26.0 Å². The average molecular weight is 276 g/mol. The number of rotatable bonds is 1. The van der Waals surface area contributed by atoms with Gasteiger partial charge in [0.05, 0.1) is 17.3 Å². The van der Waals surface area contributed by atoms with Crippen LogP contribution in [-0.2, 0) is 0 Å². The summed E-state index contributed by atoms with van der Waals surface area (Å²) < 4.78 is 1.90. The van der Waals surface area contributed by atoms with Crippen LogP contribution < -0.4 is 0 Å². The monoisotopic (exact) mass is 275 g/mol. The largest absolute Gasteiger partial charge is 0.478 e. The van der Waals surface area contributed by atoms with Gasteiger partial charge in [-0.1, -0.05) is 0 Å². The fourth-order valence-corrected chi connectivity index (χ4v) is 1.73. The number of aromatic carboxylic acids is 1. The lowest BCUT2D eigenvalue weighted by Crippen LogP contribution is -1.98. The summed E-state index contributed by atoms with van der Waals surface area (Å²) in [6, 6.07) is 1.45. The molecule has 0 fully saturated rings. The maximum atomic E-state index is 10.8. The third-order valence-electron chi connectivity index (χ3n) is 1.68. The molecule has 2 aromatic heterocycles. The molecular weight excluding hydrogens is 273 g/mol. The zero-order valence-corrected chi connectivity index (χ0v) is 8.95. The highest BCUT2D eigenvalue weighted by Gasteiger charge is 2.14. The lowest BCUT2D eigenvalue weighted by atomic mass is 10.3. The summed E-state index contributed by atoms with van der Waals surface area (Å²) in [7, 11) is 0. The van der Waals surface area contributed by atoms with Gasteiger partial charge in [0, 0.05) is 0 Å². The van der Waals surface area contributed by atoms with Gasteiger partial charge in [0.25, 0.3) is 0 Å². The molecule has 2 aromatic rings. The number of fused-ring (bicyclic) bond motifs is 1. The van der Waals surface area contributed by atoms with E-state index >= 15 is 0 Å². The molecule has 14 heavy (non-hydrogen) atoms. The molecular formula is C7H3BrClN3O2. The molecule has 2 heterocycles. The summed E-state index contributed by atoms with van der Waals surface area (Å²) in [6.45, 7) is 0. The Balaban J connectivity index is 2.84. The number of carboxylic acids is 1. The van der Waals surface area contributed by atoms with Crippen molar-refractivity contribution in [2.24, 2.45) is 0 Å². The topological polar surface area (TPSA) is 67.5 Å². The van der Waals surface area contributed by atoms with Crippen molar-refractivity contribution in [3.63, 3.8) is 0 Å². The van der Waals surface area contributed by atoms with E-state index in [-0.39, 0.29) is 10.8 Å². The summed E-state index contributed by atoms with van der Waals surface area (Å²) in [5.74, 6) is -1.03. The summed E-state index contributed by atoms with van der Waals surface area (Å²) in [4.78, 5) is 14.5. The van der Waals surface area contributed by atoms with Crippen molar-refractivity contribution < 1.29 is 9.90 Å². The van der Waals surface area contributed by atoms with Crippen LogP contribution in [0.5, 0.6) is 0 Å². The second kappa shape index (κ2) is 3.21. The predicted octanol–water partition coefficient (Wildman–Crippen LogP) is 1.84. The fourth-order valence-electron chi connectivity index (χ4n) is 1.10. The maximum Gasteiger partial charge on any atom is 0.338 e. The maximum absolute atomic E-state index is 10.8. The molecule has 0 saturated heterocycles. The normalized spacial score (nSPS) is 10.7. The molecule has 0 amide bonds. The Hall–Kier alpha value is -1.14. The van der Waals surface area contributed by atoms with Gasteiger partial charge in [0.15, 0.2) is 0 Å². The van der Waals surface area contributed by atoms with E-state index in [9.17, 15) is 4.79 Å². The zero-order chi connectivity index (χ0) is 10.3. The van der Waals surface area contributed by atoms with Crippen LogP contribution in [0.2, 0.25) is 5.28 Å². The molecule has 2 rings (SSSR count). The first kappa shape index (κ1) is 9.42. The molecule has 0 radical (unpaired) electrons. The lowest BCUT2D eigenvalue weighted by Gasteiger charge is -1.95. The molecule has 0 aromatic carbocycles. The van der Waals surface area contributed by atoms with Gasteiger partial charge in [-0.3, -0.25) is 0 Å². The first-order valence-corrected chi connectivity index (χ1v) is 4.70. The minimum Gasteiger partial charge on any atom is -0.478 e. The van der Waals surface area contributed by atoms with E-state index in [0.29, 0.717) is 10.1 Å². The van der Waals surface area contributed by atoms with Gasteiger partial charge in [0.1, 0.15) is 4.60 Å². The Kier molecular flexibility index (Phi) is 2.16. The Morgan fingerprint density at radius 3 is 3.00 bits per heavy atom. The van der Waals surface area contributed by atoms with E-state index in [1.54, 1.807) is 0 Å². The molecule has 0 aliphatic carbocycles. The van der Waals surface area contributed by atoms with Crippen molar-refractivity contribution in [3.05, 3.63) is 27.7 Å². The van der Waals surface area contributed by atoms with Gasteiger partial charge < -0.3 is 5.11 Å². The van der Waals surface area contributed by atoms with Crippen LogP contribution in [0.25, 0.3) is 5.52 Å². The average Bonchev–Trinajstić information content (AvgIpc) is 2.44. The lowest BCUT2D eigenvalue weighted by molar-refractivity contribution is 0.0699. The van der Waals surface area contributed by atoms with E-state index in [0.717, 1.165) is 0 Å². The van der Waals surface area contributed by atoms with Gasteiger partial charge in [-0.15, -0.1) is 5.10 Å². The van der Waals surface area contributed by atoms with Crippen molar-refractivity contribution >= 4 is 39.0 Å². The smallest absolute Gasteiger partial charge is 0.338 e. The van der Waals surface area contributed by atoms with Gasteiger partial charge in [-0.2, -0.15) is 0 Å². The molecule has 1 N–H and O–H groups in total. The first-order valence-electron chi connectivity index (χ1n) is 3.52. The summed E-state index contributed by atoms with van der Waals surface area (Å²) in [6.07, 6.45) is 1.36. The van der Waals surface area contributed by atoms with Crippen LogP contribution in [0.1, 0.15) is 10.4 Å². The third-order valence-corrected chi connectivity index (χ3v) is 2.41. The van der Waals surface area contributed by atoms with Gasteiger partial charge >= 0.3 is 5.97 Å². The molecule has 0 aliphatic heterocycles. The molecule has 0 unspecified atom stereocenters. The van der Waals surface area contributed by atoms with Crippen LogP contribution >= 0.6 is 27.5 Å². The Bertz CT molecular complexity index is 525. The number of aromatic nitrogens is 3. The molecule has 5 nitrogen and oxygen atoms in total. The van der Waals surface area contributed by atoms with Crippen molar-refractivity contribution in [1.29, 1.82) is 0 Å². The summed E-state index contributed by atoms with van der Waals surface area (Å²) >= 11 is 8.74. The minimum absolute atomic E-state index is 0.0609. The molecule has 0 atom stereocenters. The van der Waals surface area contributed by atoms with E-state index < -0.39 is 5.97 Å². The minimum atomic E-state index is -1.03. The van der Waals surface area contributed by atoms with Crippen molar-refractivity contribution in [1.82, 2.24) is 14.6 Å². The van der Waals surface area contributed by atoms with Crippen LogP contribution in [-0.4, -0.2) is 25.7 Å². The predicted molar refractivity (Wildman–Crippen MR) is 52.7 cm³/mol. The third kappa shape index (κ3) is 1.36. The Labute approximate surface area is 91.4 Å². The quantitative estimate of drug-likeness (QED) is 0.863. The standard InChI is InChI=1S/C7H3BrClN3O2/c8-5-1-3(6(13)14)4-2-10-7(9)11-12(4)5/h1-2H,(H,13,14). The van der Waals surface area contributed by atoms with Gasteiger partial charge in [-0.25, -0.2) is 14.3 Å². The summed E-state index contributed by atoms with van der Waals surface area (Å²) in [5, 5.41) is 12.7. The molecule has 0 spiro atoms. The van der Waals surface area contributed by atoms with E-state index in [4.69, 9.17) is 16.7 Å². The van der Waals surface area contributed by atoms with Crippen LogP contribution in [0.3, 0.4) is 0 Å². The number of hydrogen-bond donors (Lipinski definition) is 1. The fraction of sp³-hybridized carbons (Fsp3) is 0. The van der Waals surface area contributed by atoms with Crippen LogP contribution in [0.4, 0.5) is 0 Å². The molecule has 0 saturated carbocycles. The number of nitrogens with zero attached hydrogens (tertiary/aromatic N) is 3. The van der Waals surface area contributed by atoms with Crippen LogP contribution in [0.15, 0.2) is 16.9 Å². The van der Waals surface area contributed by atoms with Crippen molar-refractivity contribution in [3.8, 4) is 0 Å². The highest BCUT2D eigenvalue weighted by atomic mass is 79.9. The highest BCUT2D eigenvalue weighted by Crippen LogP contribution is 2.20. The van der Waals surface area contributed by atoms with Crippen molar-refractivity contribution in [2.45, 2.75) is 0 Å². The second-order valence-corrected chi connectivity index (χ2v) is 3.66. The molecule has 72 valence electrons. The highest BCUT2D eigenvalue weighted by molar-refractivity contribution is 9.10. The number of halogens is 2. The summed E-state index contributed by atoms with van der Waals surface area (Å²) in [5.41, 5.74) is 0.530. The Morgan fingerprint density at radius 1 is 1.64 bits per heavy atom.